The minimum absolute atomic E-state index is 0.0406. The molecule has 4 rings (SSSR count). The van der Waals surface area contributed by atoms with E-state index >= 15 is 0 Å². The van der Waals surface area contributed by atoms with Gasteiger partial charge in [-0.1, -0.05) is 29.2 Å². The first kappa shape index (κ1) is 21.0. The summed E-state index contributed by atoms with van der Waals surface area (Å²) in [7, 11) is 0. The molecular formula is C19H14F2N4O4S2. The van der Waals surface area contributed by atoms with E-state index in [1.807, 2.05) is 0 Å². The maximum Gasteiger partial charge on any atom is 0.263 e. The van der Waals surface area contributed by atoms with Gasteiger partial charge in [-0.25, -0.2) is 8.78 Å². The Bertz CT molecular complexity index is 1120. The Balaban J connectivity index is 1.31. The molecule has 0 radical (unpaired) electrons. The smallest absolute Gasteiger partial charge is 0.263 e. The van der Waals surface area contributed by atoms with Crippen LogP contribution in [0.4, 0.5) is 19.6 Å². The molecule has 0 spiro atoms. The van der Waals surface area contributed by atoms with Gasteiger partial charge in [0.05, 0.1) is 5.75 Å². The van der Waals surface area contributed by atoms with Crippen molar-refractivity contribution < 1.29 is 27.8 Å². The van der Waals surface area contributed by atoms with Gasteiger partial charge >= 0.3 is 0 Å². The number of fused-ring (bicyclic) bond motifs is 1. The minimum atomic E-state index is -0.979. The van der Waals surface area contributed by atoms with E-state index < -0.39 is 23.1 Å². The van der Waals surface area contributed by atoms with Crippen LogP contribution in [-0.4, -0.2) is 41.0 Å². The highest BCUT2D eigenvalue weighted by molar-refractivity contribution is 8.01. The molecule has 12 heteroatoms. The Morgan fingerprint density at radius 1 is 1.03 bits per heavy atom. The van der Waals surface area contributed by atoms with Crippen LogP contribution in [0, 0.1) is 11.6 Å². The summed E-state index contributed by atoms with van der Waals surface area (Å²) in [6, 6.07) is 8.24. The van der Waals surface area contributed by atoms with Crippen LogP contribution >= 0.6 is 23.1 Å². The molecule has 1 aromatic heterocycles. The monoisotopic (exact) mass is 464 g/mol. The van der Waals surface area contributed by atoms with Crippen molar-refractivity contribution in [1.82, 2.24) is 10.2 Å². The zero-order valence-electron chi connectivity index (χ0n) is 15.7. The number of hydrogen-bond donors (Lipinski definition) is 2. The van der Waals surface area contributed by atoms with Crippen LogP contribution in [0.25, 0.3) is 0 Å². The Labute approximate surface area is 183 Å². The van der Waals surface area contributed by atoms with Crippen LogP contribution in [-0.2, 0) is 4.79 Å². The van der Waals surface area contributed by atoms with E-state index in [2.05, 4.69) is 20.8 Å². The maximum atomic E-state index is 13.7. The normalized spacial score (nSPS) is 12.3. The zero-order valence-corrected chi connectivity index (χ0v) is 17.3. The predicted molar refractivity (Wildman–Crippen MR) is 111 cm³/mol. The SMILES string of the molecule is O=C(CSc1nnc(NC(=O)c2c(F)cccc2F)s1)Nc1ccc2c(c1)OCCO2. The molecular weight excluding hydrogens is 450 g/mol. The summed E-state index contributed by atoms with van der Waals surface area (Å²) in [6.07, 6.45) is 0. The molecule has 0 aliphatic carbocycles. The molecule has 2 N–H and O–H groups in total. The minimum Gasteiger partial charge on any atom is -0.486 e. The van der Waals surface area contributed by atoms with Gasteiger partial charge in [0.1, 0.15) is 30.4 Å². The predicted octanol–water partition coefficient (Wildman–Crippen LogP) is 3.57. The third kappa shape index (κ3) is 5.09. The van der Waals surface area contributed by atoms with Gasteiger partial charge in [-0.15, -0.1) is 10.2 Å². The molecule has 3 aromatic rings. The van der Waals surface area contributed by atoms with Crippen molar-refractivity contribution in [3.63, 3.8) is 0 Å². The van der Waals surface area contributed by atoms with Crippen LogP contribution in [0.2, 0.25) is 0 Å². The van der Waals surface area contributed by atoms with Crippen LogP contribution in [0.15, 0.2) is 40.7 Å². The summed E-state index contributed by atoms with van der Waals surface area (Å²) in [5.74, 6) is -1.99. The molecule has 1 aliphatic rings. The highest BCUT2D eigenvalue weighted by Gasteiger charge is 2.19. The first-order chi connectivity index (χ1) is 15.0. The Kier molecular flexibility index (Phi) is 6.28. The number of rotatable bonds is 6. The van der Waals surface area contributed by atoms with Gasteiger partial charge in [0.15, 0.2) is 15.8 Å². The zero-order chi connectivity index (χ0) is 21.8. The van der Waals surface area contributed by atoms with E-state index in [-0.39, 0.29) is 16.8 Å². The van der Waals surface area contributed by atoms with Crippen molar-refractivity contribution in [3.05, 3.63) is 53.6 Å². The number of carbonyl (C=O) groups excluding carboxylic acids is 2. The van der Waals surface area contributed by atoms with Gasteiger partial charge in [-0.3, -0.25) is 14.9 Å². The molecule has 0 atom stereocenters. The number of carbonyl (C=O) groups is 2. The van der Waals surface area contributed by atoms with Gasteiger partial charge in [-0.05, 0) is 24.3 Å². The van der Waals surface area contributed by atoms with Crippen molar-refractivity contribution in [2.45, 2.75) is 4.34 Å². The molecule has 0 fully saturated rings. The number of amides is 2. The molecule has 0 bridgehead atoms. The number of nitrogens with zero attached hydrogens (tertiary/aromatic N) is 2. The lowest BCUT2D eigenvalue weighted by Crippen LogP contribution is -2.17. The number of nitrogens with one attached hydrogen (secondary N) is 2. The van der Waals surface area contributed by atoms with E-state index in [4.69, 9.17) is 9.47 Å². The summed E-state index contributed by atoms with van der Waals surface area (Å²) >= 11 is 2.09. The van der Waals surface area contributed by atoms with Crippen molar-refractivity contribution in [2.75, 3.05) is 29.6 Å². The van der Waals surface area contributed by atoms with Gasteiger partial charge < -0.3 is 14.8 Å². The van der Waals surface area contributed by atoms with E-state index in [0.29, 0.717) is 34.7 Å². The van der Waals surface area contributed by atoms with Gasteiger partial charge in [-0.2, -0.15) is 0 Å². The highest BCUT2D eigenvalue weighted by Crippen LogP contribution is 2.33. The molecule has 1 aliphatic heterocycles. The van der Waals surface area contributed by atoms with Crippen molar-refractivity contribution in [3.8, 4) is 11.5 Å². The number of anilines is 2. The number of ether oxygens (including phenoxy) is 2. The summed E-state index contributed by atoms with van der Waals surface area (Å²) in [5.41, 5.74) is -0.141. The quantitative estimate of drug-likeness (QED) is 0.425. The van der Waals surface area contributed by atoms with Crippen LogP contribution < -0.4 is 20.1 Å². The lowest BCUT2D eigenvalue weighted by Gasteiger charge is -2.18. The molecule has 8 nitrogen and oxygen atoms in total. The average molecular weight is 464 g/mol. The van der Waals surface area contributed by atoms with Crippen molar-refractivity contribution >= 4 is 45.7 Å². The van der Waals surface area contributed by atoms with Crippen LogP contribution in [0.5, 0.6) is 11.5 Å². The fourth-order valence-electron chi connectivity index (χ4n) is 2.64. The van der Waals surface area contributed by atoms with Crippen LogP contribution in [0.1, 0.15) is 10.4 Å². The number of thioether (sulfide) groups is 1. The topological polar surface area (TPSA) is 102 Å². The Morgan fingerprint density at radius 2 is 1.77 bits per heavy atom. The number of halogens is 2. The Hall–Kier alpha value is -3.25. The fraction of sp³-hybridized carbons (Fsp3) is 0.158. The standard InChI is InChI=1S/C19H14F2N4O4S2/c20-11-2-1-3-12(21)16(11)17(27)23-18-24-25-19(31-18)30-9-15(26)22-10-4-5-13-14(8-10)29-7-6-28-13/h1-5,8H,6-7,9H2,(H,22,26)(H,23,24,27). The molecule has 0 saturated carbocycles. The summed E-state index contributed by atoms with van der Waals surface area (Å²) in [6.45, 7) is 0.925. The lowest BCUT2D eigenvalue weighted by atomic mass is 10.2. The molecule has 0 unspecified atom stereocenters. The number of aromatic nitrogens is 2. The summed E-state index contributed by atoms with van der Waals surface area (Å²) in [5, 5.41) is 12.7. The van der Waals surface area contributed by atoms with Crippen LogP contribution in [0.3, 0.4) is 0 Å². The summed E-state index contributed by atoms with van der Waals surface area (Å²) < 4.78 is 38.7. The van der Waals surface area contributed by atoms with Gasteiger partial charge in [0.25, 0.3) is 5.91 Å². The molecule has 0 saturated heterocycles. The van der Waals surface area contributed by atoms with E-state index in [9.17, 15) is 18.4 Å². The molecule has 2 amide bonds. The first-order valence-electron chi connectivity index (χ1n) is 8.91. The molecule has 160 valence electrons. The first-order valence-corrected chi connectivity index (χ1v) is 10.7. The Morgan fingerprint density at radius 3 is 2.55 bits per heavy atom. The largest absolute Gasteiger partial charge is 0.486 e. The second-order valence-corrected chi connectivity index (χ2v) is 8.32. The molecule has 2 aromatic carbocycles. The van der Waals surface area contributed by atoms with Crippen molar-refractivity contribution in [1.29, 1.82) is 0 Å². The average Bonchev–Trinajstić information content (AvgIpc) is 3.19. The van der Waals surface area contributed by atoms with Gasteiger partial charge in [0.2, 0.25) is 11.0 Å². The second-order valence-electron chi connectivity index (χ2n) is 6.12. The third-order valence-corrected chi connectivity index (χ3v) is 5.94. The second kappa shape index (κ2) is 9.27. The summed E-state index contributed by atoms with van der Waals surface area (Å²) in [4.78, 5) is 24.3. The van der Waals surface area contributed by atoms with E-state index in [0.717, 1.165) is 41.3 Å². The van der Waals surface area contributed by atoms with E-state index in [1.54, 1.807) is 18.2 Å². The molecule has 2 heterocycles. The van der Waals surface area contributed by atoms with Crippen molar-refractivity contribution in [2.24, 2.45) is 0 Å². The number of benzene rings is 2. The maximum absolute atomic E-state index is 13.7. The van der Waals surface area contributed by atoms with Gasteiger partial charge in [0, 0.05) is 11.8 Å². The highest BCUT2D eigenvalue weighted by atomic mass is 32.2. The van der Waals surface area contributed by atoms with E-state index in [1.165, 1.54) is 0 Å². The number of hydrogen-bond acceptors (Lipinski definition) is 8. The lowest BCUT2D eigenvalue weighted by molar-refractivity contribution is -0.113. The molecule has 31 heavy (non-hydrogen) atoms. The third-order valence-electron chi connectivity index (χ3n) is 3.97. The fourth-order valence-corrected chi connectivity index (χ4v) is 4.19.